The summed E-state index contributed by atoms with van der Waals surface area (Å²) in [6, 6.07) is 5.84. The lowest BCUT2D eigenvalue weighted by Gasteiger charge is -2.32. The second-order valence-electron chi connectivity index (χ2n) is 6.06. The van der Waals surface area contributed by atoms with Gasteiger partial charge in [0.2, 0.25) is 5.82 Å². The zero-order chi connectivity index (χ0) is 18.5. The van der Waals surface area contributed by atoms with Gasteiger partial charge in [-0.2, -0.15) is 4.80 Å². The van der Waals surface area contributed by atoms with Crippen LogP contribution in [0, 0.1) is 0 Å². The van der Waals surface area contributed by atoms with Gasteiger partial charge in [-0.3, -0.25) is 0 Å². The van der Waals surface area contributed by atoms with Crippen molar-refractivity contribution in [3.8, 4) is 22.9 Å². The van der Waals surface area contributed by atoms with Crippen LogP contribution in [0.25, 0.3) is 11.4 Å². The zero-order valence-corrected chi connectivity index (χ0v) is 16.1. The van der Waals surface area contributed by atoms with Gasteiger partial charge in [0, 0.05) is 25.2 Å². The second kappa shape index (κ2) is 8.31. The van der Waals surface area contributed by atoms with Gasteiger partial charge in [0.25, 0.3) is 0 Å². The lowest BCUT2D eigenvalue weighted by molar-refractivity contribution is 0.234. The molecular weight excluding hydrogens is 352 g/mol. The molecule has 1 aliphatic rings. The lowest BCUT2D eigenvalue weighted by atomic mass is 10.1. The van der Waals surface area contributed by atoms with E-state index in [9.17, 15) is 0 Å². The van der Waals surface area contributed by atoms with Crippen molar-refractivity contribution in [2.45, 2.75) is 25.8 Å². The first-order chi connectivity index (χ1) is 12.7. The summed E-state index contributed by atoms with van der Waals surface area (Å²) in [5, 5.41) is 17.1. The Morgan fingerprint density at radius 3 is 2.62 bits per heavy atom. The first kappa shape index (κ1) is 18.4. The smallest absolute Gasteiger partial charge is 0.205 e. The van der Waals surface area contributed by atoms with Crippen molar-refractivity contribution in [1.29, 1.82) is 0 Å². The summed E-state index contributed by atoms with van der Waals surface area (Å²) in [7, 11) is 3.22. The molecule has 0 bridgehead atoms. The molecule has 0 saturated carbocycles. The third-order valence-electron chi connectivity index (χ3n) is 4.48. The van der Waals surface area contributed by atoms with E-state index in [2.05, 4.69) is 25.6 Å². The molecule has 1 N–H and O–H groups in total. The van der Waals surface area contributed by atoms with Gasteiger partial charge in [0.15, 0.2) is 16.6 Å². The van der Waals surface area contributed by atoms with Gasteiger partial charge in [-0.15, -0.1) is 10.2 Å². The first-order valence-electron chi connectivity index (χ1n) is 8.71. The molecule has 0 aliphatic carbocycles. The molecule has 0 atom stereocenters. The zero-order valence-electron chi connectivity index (χ0n) is 15.3. The summed E-state index contributed by atoms with van der Waals surface area (Å²) >= 11 is 5.38. The van der Waals surface area contributed by atoms with Crippen molar-refractivity contribution >= 4 is 17.3 Å². The average Bonchev–Trinajstić information content (AvgIpc) is 3.18. The molecule has 8 nitrogen and oxygen atoms in total. The SMILES string of the molecule is CCNC(=S)N1CCC(n2nnc(-c3ccc(OC)c(OC)c3)n2)CC1. The lowest BCUT2D eigenvalue weighted by Crippen LogP contribution is -2.44. The van der Waals surface area contributed by atoms with Crippen LogP contribution in [-0.2, 0) is 0 Å². The average molecular weight is 376 g/mol. The summed E-state index contributed by atoms with van der Waals surface area (Å²) in [6.07, 6.45) is 1.88. The van der Waals surface area contributed by atoms with Crippen LogP contribution >= 0.6 is 12.2 Å². The maximum absolute atomic E-state index is 5.38. The van der Waals surface area contributed by atoms with E-state index >= 15 is 0 Å². The van der Waals surface area contributed by atoms with Gasteiger partial charge < -0.3 is 19.7 Å². The van der Waals surface area contributed by atoms with E-state index in [0.717, 1.165) is 43.2 Å². The Kier molecular flexibility index (Phi) is 5.87. The fraction of sp³-hybridized carbons (Fsp3) is 0.529. The molecule has 1 saturated heterocycles. The minimum absolute atomic E-state index is 0.233. The van der Waals surface area contributed by atoms with Gasteiger partial charge in [0.05, 0.1) is 20.3 Å². The highest BCUT2D eigenvalue weighted by Crippen LogP contribution is 2.31. The Balaban J connectivity index is 1.68. The van der Waals surface area contributed by atoms with Crippen LogP contribution in [0.4, 0.5) is 0 Å². The van der Waals surface area contributed by atoms with Crippen LogP contribution in [0.5, 0.6) is 11.5 Å². The maximum Gasteiger partial charge on any atom is 0.205 e. The molecular formula is C17H24N6O2S. The van der Waals surface area contributed by atoms with Crippen molar-refractivity contribution in [3.63, 3.8) is 0 Å². The Labute approximate surface area is 158 Å². The van der Waals surface area contributed by atoms with Crippen molar-refractivity contribution in [3.05, 3.63) is 18.2 Å². The Hall–Kier alpha value is -2.42. The van der Waals surface area contributed by atoms with Crippen LogP contribution in [0.3, 0.4) is 0 Å². The number of benzene rings is 1. The van der Waals surface area contributed by atoms with E-state index in [1.54, 1.807) is 19.0 Å². The van der Waals surface area contributed by atoms with Gasteiger partial charge in [-0.1, -0.05) is 0 Å². The van der Waals surface area contributed by atoms with Gasteiger partial charge in [-0.25, -0.2) is 0 Å². The van der Waals surface area contributed by atoms with Crippen LogP contribution < -0.4 is 14.8 Å². The van der Waals surface area contributed by atoms with Gasteiger partial charge in [-0.05, 0) is 55.4 Å². The second-order valence-corrected chi connectivity index (χ2v) is 6.44. The van der Waals surface area contributed by atoms with Gasteiger partial charge in [0.1, 0.15) is 0 Å². The molecule has 26 heavy (non-hydrogen) atoms. The predicted octanol–water partition coefficient (Wildman–Crippen LogP) is 1.89. The number of nitrogens with zero attached hydrogens (tertiary/aromatic N) is 5. The summed E-state index contributed by atoms with van der Waals surface area (Å²) in [6.45, 7) is 4.68. The van der Waals surface area contributed by atoms with Crippen molar-refractivity contribution in [2.24, 2.45) is 0 Å². The number of piperidine rings is 1. The normalized spacial score (nSPS) is 15.0. The highest BCUT2D eigenvalue weighted by molar-refractivity contribution is 7.80. The van der Waals surface area contributed by atoms with Crippen molar-refractivity contribution < 1.29 is 9.47 Å². The number of aromatic nitrogens is 4. The van der Waals surface area contributed by atoms with Crippen LogP contribution in [0.15, 0.2) is 18.2 Å². The minimum Gasteiger partial charge on any atom is -0.493 e. The van der Waals surface area contributed by atoms with Crippen molar-refractivity contribution in [1.82, 2.24) is 30.4 Å². The van der Waals surface area contributed by atoms with Crippen LogP contribution in [-0.4, -0.2) is 64.1 Å². The van der Waals surface area contributed by atoms with Crippen molar-refractivity contribution in [2.75, 3.05) is 33.9 Å². The number of likely N-dealkylation sites (tertiary alicyclic amines) is 1. The number of rotatable bonds is 5. The fourth-order valence-electron chi connectivity index (χ4n) is 3.03. The Morgan fingerprint density at radius 2 is 1.96 bits per heavy atom. The number of ether oxygens (including phenoxy) is 2. The molecule has 2 aromatic rings. The minimum atomic E-state index is 0.233. The molecule has 3 rings (SSSR count). The summed E-state index contributed by atoms with van der Waals surface area (Å²) < 4.78 is 10.6. The number of nitrogens with one attached hydrogen (secondary N) is 1. The quantitative estimate of drug-likeness (QED) is 0.793. The van der Waals surface area contributed by atoms with Gasteiger partial charge >= 0.3 is 0 Å². The molecule has 0 unspecified atom stereocenters. The highest BCUT2D eigenvalue weighted by atomic mass is 32.1. The molecule has 0 spiro atoms. The molecule has 1 aromatic heterocycles. The molecule has 0 amide bonds. The third kappa shape index (κ3) is 3.87. The topological polar surface area (TPSA) is 77.3 Å². The summed E-state index contributed by atoms with van der Waals surface area (Å²) in [5.74, 6) is 1.90. The number of methoxy groups -OCH3 is 2. The molecule has 9 heteroatoms. The molecule has 1 aromatic carbocycles. The van der Waals surface area contributed by atoms with E-state index in [4.69, 9.17) is 21.7 Å². The number of hydrogen-bond donors (Lipinski definition) is 1. The van der Waals surface area contributed by atoms with E-state index < -0.39 is 0 Å². The standard InChI is InChI=1S/C17H24N6O2S/c1-4-18-17(26)22-9-7-13(8-10-22)23-20-16(19-21-23)12-5-6-14(24-2)15(11-12)25-3/h5-6,11,13H,4,7-10H2,1-3H3,(H,18,26). The summed E-state index contributed by atoms with van der Waals surface area (Å²) in [5.41, 5.74) is 0.847. The first-order valence-corrected chi connectivity index (χ1v) is 9.11. The highest BCUT2D eigenvalue weighted by Gasteiger charge is 2.24. The Bertz CT molecular complexity index is 757. The monoisotopic (exact) mass is 376 g/mol. The largest absolute Gasteiger partial charge is 0.493 e. The third-order valence-corrected chi connectivity index (χ3v) is 4.88. The van der Waals surface area contributed by atoms with E-state index in [1.165, 1.54) is 0 Å². The Morgan fingerprint density at radius 1 is 1.23 bits per heavy atom. The van der Waals surface area contributed by atoms with E-state index in [-0.39, 0.29) is 6.04 Å². The number of tetrazole rings is 1. The summed E-state index contributed by atoms with van der Waals surface area (Å²) in [4.78, 5) is 3.92. The predicted molar refractivity (Wildman–Crippen MR) is 102 cm³/mol. The van der Waals surface area contributed by atoms with E-state index in [0.29, 0.717) is 17.3 Å². The number of hydrogen-bond acceptors (Lipinski definition) is 6. The molecule has 140 valence electrons. The number of thiocarbonyl (C=S) groups is 1. The molecule has 2 heterocycles. The van der Waals surface area contributed by atoms with E-state index in [1.807, 2.05) is 25.1 Å². The molecule has 0 radical (unpaired) electrons. The maximum atomic E-state index is 5.38. The van der Waals surface area contributed by atoms with Crippen LogP contribution in [0.2, 0.25) is 0 Å². The van der Waals surface area contributed by atoms with Crippen LogP contribution in [0.1, 0.15) is 25.8 Å². The molecule has 1 aliphatic heterocycles. The molecule has 1 fully saturated rings. The fourth-order valence-corrected chi connectivity index (χ4v) is 3.36.